The summed E-state index contributed by atoms with van der Waals surface area (Å²) in [6.07, 6.45) is 0.126. The molecular weight excluding hydrogens is 240 g/mol. The Kier molecular flexibility index (Phi) is 5.57. The Morgan fingerprint density at radius 1 is 1.44 bits per heavy atom. The van der Waals surface area contributed by atoms with Gasteiger partial charge in [-0.3, -0.25) is 9.59 Å². The number of amides is 2. The van der Waals surface area contributed by atoms with Crippen molar-refractivity contribution in [2.24, 2.45) is 0 Å². The number of nitrogens with one attached hydrogen (secondary N) is 1. The van der Waals surface area contributed by atoms with Crippen LogP contribution in [0.4, 0.5) is 0 Å². The number of hydrogen-bond donors (Lipinski definition) is 2. The highest BCUT2D eigenvalue weighted by molar-refractivity contribution is 5.85. The summed E-state index contributed by atoms with van der Waals surface area (Å²) in [7, 11) is 0. The van der Waals surface area contributed by atoms with Crippen LogP contribution in [-0.4, -0.2) is 60.1 Å². The normalized spacial score (nSPS) is 19.4. The first-order chi connectivity index (χ1) is 8.54. The molecule has 0 spiro atoms. The van der Waals surface area contributed by atoms with Crippen LogP contribution in [0.15, 0.2) is 0 Å². The molecule has 0 aliphatic carbocycles. The average Bonchev–Trinajstić information content (AvgIpc) is 2.36. The quantitative estimate of drug-likeness (QED) is 0.674. The maximum Gasteiger partial charge on any atom is 0.334 e. The smallest absolute Gasteiger partial charge is 0.334 e. The van der Waals surface area contributed by atoms with Crippen LogP contribution in [0.5, 0.6) is 0 Å². The van der Waals surface area contributed by atoms with Gasteiger partial charge in [-0.1, -0.05) is 6.92 Å². The summed E-state index contributed by atoms with van der Waals surface area (Å²) < 4.78 is 5.00. The Morgan fingerprint density at radius 2 is 2.17 bits per heavy atom. The summed E-state index contributed by atoms with van der Waals surface area (Å²) in [5.41, 5.74) is 0. The number of hydrogen-bond acceptors (Lipinski definition) is 4. The van der Waals surface area contributed by atoms with Gasteiger partial charge in [0.25, 0.3) is 0 Å². The Balaban J connectivity index is 2.37. The van der Waals surface area contributed by atoms with Crippen LogP contribution in [0.3, 0.4) is 0 Å². The molecule has 1 heterocycles. The number of carbonyl (C=O) groups excluding carboxylic acids is 2. The van der Waals surface area contributed by atoms with Gasteiger partial charge < -0.3 is 20.1 Å². The molecule has 2 N–H and O–H groups in total. The zero-order valence-corrected chi connectivity index (χ0v) is 10.3. The summed E-state index contributed by atoms with van der Waals surface area (Å²) in [6.45, 7) is 2.36. The van der Waals surface area contributed by atoms with E-state index < -0.39 is 12.1 Å². The first kappa shape index (κ1) is 14.4. The van der Waals surface area contributed by atoms with E-state index in [4.69, 9.17) is 9.84 Å². The van der Waals surface area contributed by atoms with Gasteiger partial charge in [-0.15, -0.1) is 0 Å². The number of aliphatic carboxylic acids is 1. The van der Waals surface area contributed by atoms with Gasteiger partial charge in [-0.25, -0.2) is 4.79 Å². The molecule has 1 unspecified atom stereocenters. The minimum absolute atomic E-state index is 0.0256. The summed E-state index contributed by atoms with van der Waals surface area (Å²) in [5, 5.41) is 11.3. The van der Waals surface area contributed by atoms with Gasteiger partial charge in [0.15, 0.2) is 6.10 Å². The van der Waals surface area contributed by atoms with Crippen molar-refractivity contribution < 1.29 is 24.2 Å². The van der Waals surface area contributed by atoms with Crippen LogP contribution in [0, 0.1) is 0 Å². The fraction of sp³-hybridized carbons (Fsp3) is 0.727. The largest absolute Gasteiger partial charge is 0.479 e. The van der Waals surface area contributed by atoms with Crippen LogP contribution in [0.1, 0.15) is 19.8 Å². The number of rotatable bonds is 5. The number of ether oxygens (including phenoxy) is 1. The van der Waals surface area contributed by atoms with E-state index in [1.54, 1.807) is 0 Å². The molecule has 7 nitrogen and oxygen atoms in total. The molecule has 102 valence electrons. The first-order valence-corrected chi connectivity index (χ1v) is 5.93. The van der Waals surface area contributed by atoms with Gasteiger partial charge in [0.05, 0.1) is 19.7 Å². The highest BCUT2D eigenvalue weighted by Crippen LogP contribution is 2.05. The number of morpholine rings is 1. The highest BCUT2D eigenvalue weighted by atomic mass is 16.5. The highest BCUT2D eigenvalue weighted by Gasteiger charge is 2.28. The molecule has 0 aromatic rings. The molecule has 0 radical (unpaired) electrons. The molecule has 1 fully saturated rings. The van der Waals surface area contributed by atoms with E-state index in [1.165, 1.54) is 4.90 Å². The Bertz CT molecular complexity index is 331. The molecule has 18 heavy (non-hydrogen) atoms. The molecule has 0 aromatic heterocycles. The monoisotopic (exact) mass is 258 g/mol. The van der Waals surface area contributed by atoms with Crippen molar-refractivity contribution in [2.45, 2.75) is 25.9 Å². The maximum absolute atomic E-state index is 11.7. The lowest BCUT2D eigenvalue weighted by Crippen LogP contribution is -2.51. The van der Waals surface area contributed by atoms with E-state index in [1.807, 2.05) is 6.92 Å². The lowest BCUT2D eigenvalue weighted by atomic mass is 10.2. The van der Waals surface area contributed by atoms with Crippen molar-refractivity contribution in [1.29, 1.82) is 0 Å². The molecule has 1 aliphatic rings. The van der Waals surface area contributed by atoms with E-state index >= 15 is 0 Å². The van der Waals surface area contributed by atoms with Gasteiger partial charge in [-0.2, -0.15) is 0 Å². The van der Waals surface area contributed by atoms with Crippen LogP contribution in [-0.2, 0) is 19.1 Å². The summed E-state index contributed by atoms with van der Waals surface area (Å²) in [6, 6.07) is 0. The van der Waals surface area contributed by atoms with Crippen LogP contribution in [0.25, 0.3) is 0 Å². The van der Waals surface area contributed by atoms with Gasteiger partial charge in [-0.05, 0) is 6.42 Å². The minimum atomic E-state index is -1.08. The van der Waals surface area contributed by atoms with Crippen LogP contribution < -0.4 is 5.32 Å². The van der Waals surface area contributed by atoms with Crippen LogP contribution >= 0.6 is 0 Å². The van der Waals surface area contributed by atoms with E-state index in [0.717, 1.165) is 6.42 Å². The molecule has 1 rings (SSSR count). The summed E-state index contributed by atoms with van der Waals surface area (Å²) >= 11 is 0. The number of carboxylic acid groups (broad SMARTS) is 1. The second-order valence-electron chi connectivity index (χ2n) is 4.06. The van der Waals surface area contributed by atoms with Crippen molar-refractivity contribution in [3.8, 4) is 0 Å². The molecule has 0 bridgehead atoms. The van der Waals surface area contributed by atoms with E-state index in [2.05, 4.69) is 5.32 Å². The van der Waals surface area contributed by atoms with Gasteiger partial charge in [0, 0.05) is 13.0 Å². The third kappa shape index (κ3) is 4.33. The van der Waals surface area contributed by atoms with E-state index in [-0.39, 0.29) is 31.5 Å². The molecule has 1 aliphatic heterocycles. The SMILES string of the molecule is CCCC(=O)NCC(=O)N1CCOC(C(=O)O)C1. The fourth-order valence-electron chi connectivity index (χ4n) is 1.63. The summed E-state index contributed by atoms with van der Waals surface area (Å²) in [4.78, 5) is 35.1. The minimum Gasteiger partial charge on any atom is -0.479 e. The molecule has 0 saturated carbocycles. The number of carbonyl (C=O) groups is 3. The van der Waals surface area contributed by atoms with Gasteiger partial charge in [0.2, 0.25) is 11.8 Å². The molecular formula is C11H18N2O5. The zero-order chi connectivity index (χ0) is 13.5. The van der Waals surface area contributed by atoms with Crippen LogP contribution in [0.2, 0.25) is 0 Å². The van der Waals surface area contributed by atoms with Gasteiger partial charge >= 0.3 is 5.97 Å². The second kappa shape index (κ2) is 6.95. The predicted molar refractivity (Wildman–Crippen MR) is 61.9 cm³/mol. The molecule has 7 heteroatoms. The maximum atomic E-state index is 11.7. The van der Waals surface area contributed by atoms with E-state index in [9.17, 15) is 14.4 Å². The van der Waals surface area contributed by atoms with Crippen molar-refractivity contribution >= 4 is 17.8 Å². The standard InChI is InChI=1S/C11H18N2O5/c1-2-3-9(14)12-6-10(15)13-4-5-18-8(7-13)11(16)17/h8H,2-7H2,1H3,(H,12,14)(H,16,17). The third-order valence-corrected chi connectivity index (χ3v) is 2.61. The predicted octanol–water partition coefficient (Wildman–Crippen LogP) is -0.785. The Morgan fingerprint density at radius 3 is 2.78 bits per heavy atom. The van der Waals surface area contributed by atoms with E-state index in [0.29, 0.717) is 13.0 Å². The van der Waals surface area contributed by atoms with Crippen molar-refractivity contribution in [3.63, 3.8) is 0 Å². The lowest BCUT2D eigenvalue weighted by molar-refractivity contribution is -0.159. The van der Waals surface area contributed by atoms with Crippen molar-refractivity contribution in [2.75, 3.05) is 26.2 Å². The fourth-order valence-corrected chi connectivity index (χ4v) is 1.63. The third-order valence-electron chi connectivity index (χ3n) is 2.61. The second-order valence-corrected chi connectivity index (χ2v) is 4.06. The molecule has 1 saturated heterocycles. The average molecular weight is 258 g/mol. The van der Waals surface area contributed by atoms with Gasteiger partial charge in [0.1, 0.15) is 0 Å². The topological polar surface area (TPSA) is 95.9 Å². The molecule has 2 amide bonds. The van der Waals surface area contributed by atoms with Crippen molar-refractivity contribution in [1.82, 2.24) is 10.2 Å². The molecule has 0 aromatic carbocycles. The first-order valence-electron chi connectivity index (χ1n) is 5.93. The lowest BCUT2D eigenvalue weighted by Gasteiger charge is -2.30. The number of nitrogens with zero attached hydrogens (tertiary/aromatic N) is 1. The molecule has 1 atom stereocenters. The number of carboxylic acids is 1. The zero-order valence-electron chi connectivity index (χ0n) is 10.3. The Hall–Kier alpha value is -1.63. The van der Waals surface area contributed by atoms with Crippen molar-refractivity contribution in [3.05, 3.63) is 0 Å². The summed E-state index contributed by atoms with van der Waals surface area (Å²) in [5.74, 6) is -1.54. The Labute approximate surface area is 105 Å².